The first-order chi connectivity index (χ1) is 7.83. The Bertz CT molecular complexity index is 302. The number of nitrogens with zero attached hydrogens (tertiary/aromatic N) is 1. The van der Waals surface area contributed by atoms with Crippen molar-refractivity contribution in [1.82, 2.24) is 0 Å². The minimum absolute atomic E-state index is 0.0459. The van der Waals surface area contributed by atoms with Gasteiger partial charge in [0.25, 0.3) is 0 Å². The average Bonchev–Trinajstić information content (AvgIpc) is 2.34. The average molecular weight is 223 g/mol. The Balaban J connectivity index is 2.81. The summed E-state index contributed by atoms with van der Waals surface area (Å²) in [5.41, 5.74) is 1.96. The molecule has 90 valence electrons. The van der Waals surface area contributed by atoms with Crippen LogP contribution < -0.4 is 4.90 Å². The topological polar surface area (TPSA) is 43.7 Å². The molecule has 1 aromatic carbocycles. The SMILES string of the molecule is CCCCN(CCO)c1ccccc1CO. The van der Waals surface area contributed by atoms with E-state index in [-0.39, 0.29) is 13.2 Å². The van der Waals surface area contributed by atoms with Crippen molar-refractivity contribution < 1.29 is 10.2 Å². The van der Waals surface area contributed by atoms with Crippen LogP contribution in [0.3, 0.4) is 0 Å². The number of hydrogen-bond acceptors (Lipinski definition) is 3. The molecule has 1 aromatic rings. The van der Waals surface area contributed by atoms with Gasteiger partial charge in [-0.15, -0.1) is 0 Å². The van der Waals surface area contributed by atoms with Crippen LogP contribution >= 0.6 is 0 Å². The van der Waals surface area contributed by atoms with Gasteiger partial charge in [-0.05, 0) is 12.5 Å². The number of para-hydroxylation sites is 1. The highest BCUT2D eigenvalue weighted by Crippen LogP contribution is 2.20. The van der Waals surface area contributed by atoms with Crippen LogP contribution in [-0.4, -0.2) is 29.9 Å². The molecule has 0 aromatic heterocycles. The van der Waals surface area contributed by atoms with Gasteiger partial charge in [-0.1, -0.05) is 31.5 Å². The number of hydrogen-bond donors (Lipinski definition) is 2. The maximum absolute atomic E-state index is 9.27. The first-order valence-electron chi connectivity index (χ1n) is 5.88. The molecule has 0 fully saturated rings. The third-order valence-corrected chi connectivity index (χ3v) is 2.65. The molecule has 1 rings (SSSR count). The summed E-state index contributed by atoms with van der Waals surface area (Å²) in [6.45, 7) is 3.88. The Morgan fingerprint density at radius 1 is 1.12 bits per heavy atom. The van der Waals surface area contributed by atoms with Crippen LogP contribution in [0.2, 0.25) is 0 Å². The van der Waals surface area contributed by atoms with Crippen molar-refractivity contribution in [3.63, 3.8) is 0 Å². The fourth-order valence-electron chi connectivity index (χ4n) is 1.78. The highest BCUT2D eigenvalue weighted by Gasteiger charge is 2.08. The highest BCUT2D eigenvalue weighted by atomic mass is 16.3. The zero-order chi connectivity index (χ0) is 11.8. The molecule has 0 bridgehead atoms. The van der Waals surface area contributed by atoms with Crippen molar-refractivity contribution in [3.8, 4) is 0 Å². The van der Waals surface area contributed by atoms with Gasteiger partial charge in [0.2, 0.25) is 0 Å². The lowest BCUT2D eigenvalue weighted by Crippen LogP contribution is -2.28. The lowest BCUT2D eigenvalue weighted by molar-refractivity contribution is 0.280. The van der Waals surface area contributed by atoms with Crippen LogP contribution in [0.1, 0.15) is 25.3 Å². The molecule has 3 heteroatoms. The molecule has 0 saturated heterocycles. The normalized spacial score (nSPS) is 10.4. The van der Waals surface area contributed by atoms with Gasteiger partial charge in [-0.25, -0.2) is 0 Å². The zero-order valence-corrected chi connectivity index (χ0v) is 9.89. The third kappa shape index (κ3) is 3.51. The lowest BCUT2D eigenvalue weighted by Gasteiger charge is -2.25. The fourth-order valence-corrected chi connectivity index (χ4v) is 1.78. The van der Waals surface area contributed by atoms with E-state index in [4.69, 9.17) is 5.11 Å². The summed E-state index contributed by atoms with van der Waals surface area (Å²) in [7, 11) is 0. The van der Waals surface area contributed by atoms with Gasteiger partial charge in [0.15, 0.2) is 0 Å². The predicted octanol–water partition coefficient (Wildman–Crippen LogP) is 1.78. The second-order valence-electron chi connectivity index (χ2n) is 3.85. The predicted molar refractivity (Wildman–Crippen MR) is 66.6 cm³/mol. The quantitative estimate of drug-likeness (QED) is 0.740. The van der Waals surface area contributed by atoms with Crippen LogP contribution in [0.4, 0.5) is 5.69 Å². The van der Waals surface area contributed by atoms with E-state index in [1.807, 2.05) is 24.3 Å². The molecular formula is C13H21NO2. The Morgan fingerprint density at radius 2 is 1.88 bits per heavy atom. The molecule has 0 saturated carbocycles. The van der Waals surface area contributed by atoms with E-state index >= 15 is 0 Å². The van der Waals surface area contributed by atoms with Crippen LogP contribution in [-0.2, 0) is 6.61 Å². The number of rotatable bonds is 7. The van der Waals surface area contributed by atoms with Gasteiger partial charge >= 0.3 is 0 Å². The second kappa shape index (κ2) is 7.25. The first-order valence-corrected chi connectivity index (χ1v) is 5.88. The maximum atomic E-state index is 9.27. The Labute approximate surface area is 97.3 Å². The van der Waals surface area contributed by atoms with E-state index in [9.17, 15) is 5.11 Å². The Morgan fingerprint density at radius 3 is 2.50 bits per heavy atom. The summed E-state index contributed by atoms with van der Waals surface area (Å²) in [6, 6.07) is 7.80. The largest absolute Gasteiger partial charge is 0.395 e. The van der Waals surface area contributed by atoms with Crippen LogP contribution in [0.5, 0.6) is 0 Å². The molecule has 0 atom stereocenters. The summed E-state index contributed by atoms with van der Waals surface area (Å²) in [5, 5.41) is 18.3. The molecule has 0 aliphatic heterocycles. The molecule has 0 radical (unpaired) electrons. The van der Waals surface area contributed by atoms with E-state index in [0.29, 0.717) is 6.54 Å². The van der Waals surface area contributed by atoms with Crippen LogP contribution in [0, 0.1) is 0 Å². The van der Waals surface area contributed by atoms with Gasteiger partial charge in [-0.3, -0.25) is 0 Å². The molecule has 0 spiro atoms. The molecule has 16 heavy (non-hydrogen) atoms. The van der Waals surface area contributed by atoms with Crippen molar-refractivity contribution in [2.24, 2.45) is 0 Å². The molecule has 2 N–H and O–H groups in total. The first kappa shape index (κ1) is 13.0. The number of unbranched alkanes of at least 4 members (excludes halogenated alkanes) is 1. The summed E-state index contributed by atoms with van der Waals surface area (Å²) >= 11 is 0. The molecule has 0 heterocycles. The monoisotopic (exact) mass is 223 g/mol. The molecule has 3 nitrogen and oxygen atoms in total. The summed E-state index contributed by atoms with van der Waals surface area (Å²) < 4.78 is 0. The van der Waals surface area contributed by atoms with E-state index in [1.165, 1.54) is 0 Å². The van der Waals surface area contributed by atoms with Gasteiger partial charge < -0.3 is 15.1 Å². The molecule has 0 amide bonds. The Kier molecular flexibility index (Phi) is 5.90. The van der Waals surface area contributed by atoms with Crippen molar-refractivity contribution in [1.29, 1.82) is 0 Å². The fraction of sp³-hybridized carbons (Fsp3) is 0.538. The van der Waals surface area contributed by atoms with E-state index in [1.54, 1.807) is 0 Å². The summed E-state index contributed by atoms with van der Waals surface area (Å²) in [4.78, 5) is 2.13. The molecule has 0 aliphatic carbocycles. The zero-order valence-electron chi connectivity index (χ0n) is 9.89. The van der Waals surface area contributed by atoms with Crippen molar-refractivity contribution in [3.05, 3.63) is 29.8 Å². The van der Waals surface area contributed by atoms with Crippen LogP contribution in [0.25, 0.3) is 0 Å². The maximum Gasteiger partial charge on any atom is 0.0702 e. The number of aliphatic hydroxyl groups is 2. The molecule has 0 unspecified atom stereocenters. The number of benzene rings is 1. The highest BCUT2D eigenvalue weighted by molar-refractivity contribution is 5.53. The minimum atomic E-state index is 0.0459. The van der Waals surface area contributed by atoms with Crippen LogP contribution in [0.15, 0.2) is 24.3 Å². The molecular weight excluding hydrogens is 202 g/mol. The Hall–Kier alpha value is -1.06. The van der Waals surface area contributed by atoms with Gasteiger partial charge in [0, 0.05) is 24.3 Å². The van der Waals surface area contributed by atoms with Gasteiger partial charge in [-0.2, -0.15) is 0 Å². The van der Waals surface area contributed by atoms with Crippen molar-refractivity contribution in [2.75, 3.05) is 24.6 Å². The number of aliphatic hydroxyl groups excluding tert-OH is 2. The molecule has 0 aliphatic rings. The number of anilines is 1. The van der Waals surface area contributed by atoms with Crippen molar-refractivity contribution in [2.45, 2.75) is 26.4 Å². The standard InChI is InChI=1S/C13H21NO2/c1-2-3-8-14(9-10-15)13-7-5-4-6-12(13)11-16/h4-7,15-16H,2-3,8-11H2,1H3. The summed E-state index contributed by atoms with van der Waals surface area (Å²) in [6.07, 6.45) is 2.23. The van der Waals surface area contributed by atoms with E-state index < -0.39 is 0 Å². The third-order valence-electron chi connectivity index (χ3n) is 2.65. The second-order valence-corrected chi connectivity index (χ2v) is 3.85. The van der Waals surface area contributed by atoms with Gasteiger partial charge in [0.1, 0.15) is 0 Å². The minimum Gasteiger partial charge on any atom is -0.395 e. The van der Waals surface area contributed by atoms with Gasteiger partial charge in [0.05, 0.1) is 13.2 Å². The van der Waals surface area contributed by atoms with E-state index in [2.05, 4.69) is 11.8 Å². The summed E-state index contributed by atoms with van der Waals surface area (Å²) in [5.74, 6) is 0. The van der Waals surface area contributed by atoms with E-state index in [0.717, 1.165) is 30.6 Å². The van der Waals surface area contributed by atoms with Crippen molar-refractivity contribution >= 4 is 5.69 Å². The lowest BCUT2D eigenvalue weighted by atomic mass is 10.1. The smallest absolute Gasteiger partial charge is 0.0702 e.